The quantitative estimate of drug-likeness (QED) is 0.432. The Morgan fingerprint density at radius 3 is 2.62 bits per heavy atom. The highest BCUT2D eigenvalue weighted by Crippen LogP contribution is 2.29. The first-order valence-electron chi connectivity index (χ1n) is 9.66. The molecule has 4 rings (SSSR count). The lowest BCUT2D eigenvalue weighted by molar-refractivity contribution is -0.136. The van der Waals surface area contributed by atoms with Crippen molar-refractivity contribution in [1.82, 2.24) is 0 Å². The Labute approximate surface area is 169 Å². The van der Waals surface area contributed by atoms with E-state index in [1.807, 2.05) is 18.2 Å². The molecule has 0 atom stereocenters. The van der Waals surface area contributed by atoms with E-state index in [1.165, 1.54) is 11.1 Å². The van der Waals surface area contributed by atoms with Crippen molar-refractivity contribution in [2.45, 2.75) is 26.4 Å². The zero-order valence-electron chi connectivity index (χ0n) is 16.2. The van der Waals surface area contributed by atoms with Crippen LogP contribution in [0.3, 0.4) is 0 Å². The Hall–Kier alpha value is -3.53. The molecule has 3 aromatic carbocycles. The zero-order valence-corrected chi connectivity index (χ0v) is 16.2. The Bertz CT molecular complexity index is 1160. The Balaban J connectivity index is 1.56. The first kappa shape index (κ1) is 18.8. The number of carbonyl (C=O) groups is 1. The number of carboxylic acid groups (broad SMARTS) is 1. The van der Waals surface area contributed by atoms with Gasteiger partial charge < -0.3 is 14.3 Å². The fourth-order valence-corrected chi connectivity index (χ4v) is 3.45. The molecule has 0 bridgehead atoms. The van der Waals surface area contributed by atoms with Gasteiger partial charge in [0, 0.05) is 16.5 Å². The van der Waals surface area contributed by atoms with Gasteiger partial charge in [-0.25, -0.2) is 0 Å². The van der Waals surface area contributed by atoms with Gasteiger partial charge in [-0.15, -0.1) is 0 Å². The second-order valence-corrected chi connectivity index (χ2v) is 6.99. The molecule has 1 aromatic heterocycles. The number of hydrogen-bond acceptors (Lipinski definition) is 3. The van der Waals surface area contributed by atoms with Crippen molar-refractivity contribution in [3.05, 3.63) is 89.7 Å². The van der Waals surface area contributed by atoms with Gasteiger partial charge >= 0.3 is 5.97 Å². The topological polar surface area (TPSA) is 59.7 Å². The second-order valence-electron chi connectivity index (χ2n) is 6.99. The maximum absolute atomic E-state index is 11.0. The number of benzene rings is 3. The normalized spacial score (nSPS) is 10.9. The van der Waals surface area contributed by atoms with E-state index < -0.39 is 5.97 Å². The van der Waals surface area contributed by atoms with Crippen molar-refractivity contribution < 1.29 is 19.1 Å². The van der Waals surface area contributed by atoms with Gasteiger partial charge in [-0.3, -0.25) is 4.79 Å². The Morgan fingerprint density at radius 2 is 1.79 bits per heavy atom. The van der Waals surface area contributed by atoms with Gasteiger partial charge in [-0.1, -0.05) is 61.5 Å². The number of ether oxygens (including phenoxy) is 1. The maximum atomic E-state index is 11.0. The molecule has 0 radical (unpaired) electrons. The molecule has 0 spiro atoms. The number of carboxylic acids is 1. The van der Waals surface area contributed by atoms with Crippen LogP contribution in [-0.2, 0) is 24.2 Å². The summed E-state index contributed by atoms with van der Waals surface area (Å²) in [7, 11) is 0. The van der Waals surface area contributed by atoms with Crippen LogP contribution in [0.4, 0.5) is 0 Å². The highest BCUT2D eigenvalue weighted by molar-refractivity contribution is 5.86. The third kappa shape index (κ3) is 4.16. The summed E-state index contributed by atoms with van der Waals surface area (Å²) >= 11 is 0. The molecule has 0 aliphatic rings. The number of aryl methyl sites for hydroxylation is 1. The molecule has 1 heterocycles. The first-order valence-corrected chi connectivity index (χ1v) is 9.66. The molecule has 29 heavy (non-hydrogen) atoms. The van der Waals surface area contributed by atoms with Crippen molar-refractivity contribution >= 4 is 16.9 Å². The monoisotopic (exact) mass is 386 g/mol. The number of rotatable bonds is 7. The smallest absolute Gasteiger partial charge is 0.307 e. The summed E-state index contributed by atoms with van der Waals surface area (Å²) < 4.78 is 11.7. The fraction of sp³-hybridized carbons (Fsp3) is 0.160. The van der Waals surface area contributed by atoms with Crippen molar-refractivity contribution in [1.29, 1.82) is 0 Å². The van der Waals surface area contributed by atoms with Crippen molar-refractivity contribution in [2.75, 3.05) is 0 Å². The maximum Gasteiger partial charge on any atom is 0.307 e. The van der Waals surface area contributed by atoms with E-state index in [0.717, 1.165) is 28.5 Å². The molecule has 4 nitrogen and oxygen atoms in total. The van der Waals surface area contributed by atoms with Crippen LogP contribution in [0.25, 0.3) is 22.1 Å². The van der Waals surface area contributed by atoms with Crippen LogP contribution in [0.2, 0.25) is 0 Å². The number of para-hydroxylation sites is 1. The minimum absolute atomic E-state index is 0.0670. The third-order valence-corrected chi connectivity index (χ3v) is 5.02. The van der Waals surface area contributed by atoms with Crippen LogP contribution in [0.1, 0.15) is 23.6 Å². The summed E-state index contributed by atoms with van der Waals surface area (Å²) in [4.78, 5) is 11.0. The number of fused-ring (bicyclic) bond motifs is 1. The van der Waals surface area contributed by atoms with Gasteiger partial charge in [0.1, 0.15) is 17.9 Å². The van der Waals surface area contributed by atoms with E-state index in [-0.39, 0.29) is 6.42 Å². The average molecular weight is 386 g/mol. The summed E-state index contributed by atoms with van der Waals surface area (Å²) in [5.74, 6) is -0.299. The minimum Gasteiger partial charge on any atom is -0.488 e. The summed E-state index contributed by atoms with van der Waals surface area (Å²) in [6, 6.07) is 21.9. The molecule has 1 N–H and O–H groups in total. The van der Waals surface area contributed by atoms with Crippen LogP contribution in [0, 0.1) is 0 Å². The van der Waals surface area contributed by atoms with E-state index in [0.29, 0.717) is 17.9 Å². The van der Waals surface area contributed by atoms with Gasteiger partial charge in [0.2, 0.25) is 0 Å². The number of furan rings is 1. The summed E-state index contributed by atoms with van der Waals surface area (Å²) in [6.07, 6.45) is 2.64. The lowest BCUT2D eigenvalue weighted by Crippen LogP contribution is -2.03. The van der Waals surface area contributed by atoms with Gasteiger partial charge in [0.25, 0.3) is 0 Å². The van der Waals surface area contributed by atoms with Gasteiger partial charge in [0.05, 0.1) is 12.7 Å². The Morgan fingerprint density at radius 1 is 0.966 bits per heavy atom. The molecule has 0 unspecified atom stereocenters. The fourth-order valence-electron chi connectivity index (χ4n) is 3.45. The average Bonchev–Trinajstić information content (AvgIpc) is 3.15. The van der Waals surface area contributed by atoms with Crippen molar-refractivity contribution in [3.63, 3.8) is 0 Å². The number of aliphatic carboxylic acids is 1. The molecule has 4 heteroatoms. The molecule has 146 valence electrons. The standard InChI is InChI=1S/C25H22O4/c1-2-17-6-5-8-18(12-17)19-10-11-22-21(16-29-24(22)13-19)15-28-23-9-4-3-7-20(23)14-25(26)27/h3-13,16H,2,14-15H2,1H3,(H,26,27). The summed E-state index contributed by atoms with van der Waals surface area (Å²) in [6.45, 7) is 2.46. The molecular weight excluding hydrogens is 364 g/mol. The van der Waals surface area contributed by atoms with Crippen LogP contribution >= 0.6 is 0 Å². The van der Waals surface area contributed by atoms with Gasteiger partial charge in [-0.2, -0.15) is 0 Å². The predicted molar refractivity (Wildman–Crippen MR) is 113 cm³/mol. The SMILES string of the molecule is CCc1cccc(-c2ccc3c(COc4ccccc4CC(=O)O)coc3c2)c1. The Kier molecular flexibility index (Phi) is 5.34. The highest BCUT2D eigenvalue weighted by atomic mass is 16.5. The summed E-state index contributed by atoms with van der Waals surface area (Å²) in [5.41, 5.74) is 5.98. The summed E-state index contributed by atoms with van der Waals surface area (Å²) in [5, 5.41) is 10.1. The van der Waals surface area contributed by atoms with E-state index in [9.17, 15) is 4.79 Å². The predicted octanol–water partition coefficient (Wildman–Crippen LogP) is 5.87. The van der Waals surface area contributed by atoms with Crippen LogP contribution in [0.5, 0.6) is 5.75 Å². The molecule has 0 saturated carbocycles. The van der Waals surface area contributed by atoms with Gasteiger partial charge in [-0.05, 0) is 35.2 Å². The largest absolute Gasteiger partial charge is 0.488 e. The lowest BCUT2D eigenvalue weighted by atomic mass is 10.0. The van der Waals surface area contributed by atoms with Crippen LogP contribution in [-0.4, -0.2) is 11.1 Å². The van der Waals surface area contributed by atoms with Crippen molar-refractivity contribution in [2.24, 2.45) is 0 Å². The van der Waals surface area contributed by atoms with Crippen molar-refractivity contribution in [3.8, 4) is 16.9 Å². The van der Waals surface area contributed by atoms with Crippen LogP contribution in [0.15, 0.2) is 77.4 Å². The molecule has 0 fully saturated rings. The highest BCUT2D eigenvalue weighted by Gasteiger charge is 2.11. The second kappa shape index (κ2) is 8.23. The molecule has 0 aliphatic heterocycles. The van der Waals surface area contributed by atoms with E-state index in [4.69, 9.17) is 14.3 Å². The van der Waals surface area contributed by atoms with E-state index in [2.05, 4.69) is 43.3 Å². The molecule has 0 aliphatic carbocycles. The van der Waals surface area contributed by atoms with E-state index in [1.54, 1.807) is 18.4 Å². The molecule has 4 aromatic rings. The van der Waals surface area contributed by atoms with Gasteiger partial charge in [0.15, 0.2) is 0 Å². The zero-order chi connectivity index (χ0) is 20.2. The minimum atomic E-state index is -0.880. The van der Waals surface area contributed by atoms with E-state index >= 15 is 0 Å². The number of hydrogen-bond donors (Lipinski definition) is 1. The lowest BCUT2D eigenvalue weighted by Gasteiger charge is -2.09. The molecule has 0 amide bonds. The third-order valence-electron chi connectivity index (χ3n) is 5.02. The molecule has 0 saturated heterocycles. The first-order chi connectivity index (χ1) is 14.1. The molecular formula is C25H22O4. The van der Waals surface area contributed by atoms with Crippen LogP contribution < -0.4 is 4.74 Å².